The summed E-state index contributed by atoms with van der Waals surface area (Å²) in [5.74, 6) is -1.09. The zero-order valence-corrected chi connectivity index (χ0v) is 17.8. The Kier molecular flexibility index (Phi) is 6.74. The van der Waals surface area contributed by atoms with E-state index in [1.807, 2.05) is 0 Å². The number of ether oxygens (including phenoxy) is 1. The van der Waals surface area contributed by atoms with E-state index in [1.165, 1.54) is 30.3 Å². The summed E-state index contributed by atoms with van der Waals surface area (Å²) in [5.41, 5.74) is 0.228. The number of rotatable bonds is 4. The van der Waals surface area contributed by atoms with E-state index in [1.54, 1.807) is 16.7 Å². The lowest BCUT2D eigenvalue weighted by Gasteiger charge is -2.36. The second kappa shape index (κ2) is 9.09. The van der Waals surface area contributed by atoms with Crippen LogP contribution in [-0.2, 0) is 4.79 Å². The molecule has 9 heteroatoms. The van der Waals surface area contributed by atoms with Gasteiger partial charge in [-0.05, 0) is 59.3 Å². The molecule has 3 rings (SSSR count). The summed E-state index contributed by atoms with van der Waals surface area (Å²) in [6, 6.07) is 7.60. The smallest absolute Gasteiger partial charge is 0.263 e. The standard InChI is InChI=1S/C20H18BrClF2N2O3/c1-12(29-18-5-3-13(23)10-16(18)21)19(27)25-6-8-26(9-7-25)20(28)15-4-2-14(24)11-17(15)22/h2-5,10-12H,6-9H2,1H3. The van der Waals surface area contributed by atoms with Gasteiger partial charge in [-0.2, -0.15) is 0 Å². The van der Waals surface area contributed by atoms with E-state index in [0.29, 0.717) is 36.4 Å². The van der Waals surface area contributed by atoms with Crippen molar-refractivity contribution in [2.24, 2.45) is 0 Å². The number of nitrogens with zero attached hydrogens (tertiary/aromatic N) is 2. The van der Waals surface area contributed by atoms with Crippen LogP contribution < -0.4 is 4.74 Å². The van der Waals surface area contributed by atoms with Crippen LogP contribution in [0.3, 0.4) is 0 Å². The van der Waals surface area contributed by atoms with Crippen LogP contribution in [0.2, 0.25) is 5.02 Å². The fourth-order valence-corrected chi connectivity index (χ4v) is 3.72. The third kappa shape index (κ3) is 5.05. The van der Waals surface area contributed by atoms with Crippen LogP contribution in [-0.4, -0.2) is 53.9 Å². The first-order chi connectivity index (χ1) is 13.8. The molecule has 5 nitrogen and oxygen atoms in total. The fraction of sp³-hybridized carbons (Fsp3) is 0.300. The highest BCUT2D eigenvalue weighted by Gasteiger charge is 2.29. The van der Waals surface area contributed by atoms with E-state index in [2.05, 4.69) is 15.9 Å². The quantitative estimate of drug-likeness (QED) is 0.652. The lowest BCUT2D eigenvalue weighted by Crippen LogP contribution is -2.53. The maximum atomic E-state index is 13.2. The largest absolute Gasteiger partial charge is 0.480 e. The van der Waals surface area contributed by atoms with Crippen molar-refractivity contribution in [3.63, 3.8) is 0 Å². The average Bonchev–Trinajstić information content (AvgIpc) is 2.69. The van der Waals surface area contributed by atoms with Crippen LogP contribution in [0.25, 0.3) is 0 Å². The zero-order valence-electron chi connectivity index (χ0n) is 15.5. The summed E-state index contributed by atoms with van der Waals surface area (Å²) in [6.45, 7) is 2.94. The number of hydrogen-bond donors (Lipinski definition) is 0. The van der Waals surface area contributed by atoms with Crippen molar-refractivity contribution in [3.05, 3.63) is 63.1 Å². The lowest BCUT2D eigenvalue weighted by molar-refractivity contribution is -0.139. The molecule has 29 heavy (non-hydrogen) atoms. The molecule has 0 radical (unpaired) electrons. The minimum Gasteiger partial charge on any atom is -0.480 e. The molecule has 2 aromatic rings. The van der Waals surface area contributed by atoms with Gasteiger partial charge in [-0.15, -0.1) is 0 Å². The number of carbonyl (C=O) groups excluding carboxylic acids is 2. The summed E-state index contributed by atoms with van der Waals surface area (Å²) in [4.78, 5) is 28.5. The summed E-state index contributed by atoms with van der Waals surface area (Å²) in [7, 11) is 0. The summed E-state index contributed by atoms with van der Waals surface area (Å²) in [6.07, 6.45) is -0.773. The molecule has 2 amide bonds. The number of piperazine rings is 1. The molecule has 154 valence electrons. The SMILES string of the molecule is CC(Oc1ccc(F)cc1Br)C(=O)N1CCN(C(=O)c2ccc(F)cc2Cl)CC1. The summed E-state index contributed by atoms with van der Waals surface area (Å²) >= 11 is 9.18. The molecule has 1 atom stereocenters. The molecule has 0 saturated carbocycles. The normalized spacial score (nSPS) is 15.2. The molecule has 1 aliphatic rings. The molecule has 2 aromatic carbocycles. The van der Waals surface area contributed by atoms with Gasteiger partial charge in [0.15, 0.2) is 6.10 Å². The van der Waals surface area contributed by atoms with Gasteiger partial charge in [0.2, 0.25) is 0 Å². The molecule has 1 heterocycles. The Labute approximate surface area is 180 Å². The second-order valence-electron chi connectivity index (χ2n) is 6.58. The molecule has 1 aliphatic heterocycles. The first kappa shape index (κ1) is 21.5. The maximum absolute atomic E-state index is 13.2. The van der Waals surface area contributed by atoms with Crippen molar-refractivity contribution in [3.8, 4) is 5.75 Å². The molecule has 1 fully saturated rings. The first-order valence-corrected chi connectivity index (χ1v) is 10.1. The average molecular weight is 488 g/mol. The summed E-state index contributed by atoms with van der Waals surface area (Å²) < 4.78 is 32.4. The molecular weight excluding hydrogens is 470 g/mol. The number of halogens is 4. The van der Waals surface area contributed by atoms with Gasteiger partial charge in [0.1, 0.15) is 17.4 Å². The Morgan fingerprint density at radius 1 is 1.03 bits per heavy atom. The minimum absolute atomic E-state index is 0.0559. The van der Waals surface area contributed by atoms with E-state index in [4.69, 9.17) is 16.3 Å². The Morgan fingerprint density at radius 3 is 2.24 bits per heavy atom. The van der Waals surface area contributed by atoms with Crippen molar-refractivity contribution in [2.45, 2.75) is 13.0 Å². The molecule has 0 aliphatic carbocycles. The number of hydrogen-bond acceptors (Lipinski definition) is 3. The highest BCUT2D eigenvalue weighted by molar-refractivity contribution is 9.10. The Hall–Kier alpha value is -2.19. The second-order valence-corrected chi connectivity index (χ2v) is 7.84. The van der Waals surface area contributed by atoms with E-state index in [9.17, 15) is 18.4 Å². The van der Waals surface area contributed by atoms with E-state index in [-0.39, 0.29) is 22.4 Å². The minimum atomic E-state index is -0.773. The van der Waals surface area contributed by atoms with Gasteiger partial charge in [-0.3, -0.25) is 9.59 Å². The predicted molar refractivity (Wildman–Crippen MR) is 108 cm³/mol. The van der Waals surface area contributed by atoms with Gasteiger partial charge >= 0.3 is 0 Å². The van der Waals surface area contributed by atoms with Crippen LogP contribution in [0.15, 0.2) is 40.9 Å². The summed E-state index contributed by atoms with van der Waals surface area (Å²) in [5, 5.41) is 0.0559. The fourth-order valence-electron chi connectivity index (χ4n) is 3.03. The zero-order chi connectivity index (χ0) is 21.1. The third-order valence-electron chi connectivity index (χ3n) is 4.59. The molecular formula is C20H18BrClF2N2O3. The number of amides is 2. The molecule has 0 aromatic heterocycles. The number of benzene rings is 2. The van der Waals surface area contributed by atoms with Gasteiger partial charge in [-0.1, -0.05) is 11.6 Å². The number of carbonyl (C=O) groups is 2. The van der Waals surface area contributed by atoms with Gasteiger partial charge in [0, 0.05) is 26.2 Å². The first-order valence-electron chi connectivity index (χ1n) is 8.91. The van der Waals surface area contributed by atoms with Crippen LogP contribution in [0.1, 0.15) is 17.3 Å². The Morgan fingerprint density at radius 2 is 1.62 bits per heavy atom. The monoisotopic (exact) mass is 486 g/mol. The van der Waals surface area contributed by atoms with E-state index in [0.717, 1.165) is 6.07 Å². The molecule has 0 spiro atoms. The molecule has 1 saturated heterocycles. The molecule has 0 N–H and O–H groups in total. The Balaban J connectivity index is 1.58. The van der Waals surface area contributed by atoms with Crippen LogP contribution in [0.5, 0.6) is 5.75 Å². The van der Waals surface area contributed by atoms with Crippen LogP contribution in [0, 0.1) is 11.6 Å². The maximum Gasteiger partial charge on any atom is 0.263 e. The topological polar surface area (TPSA) is 49.9 Å². The van der Waals surface area contributed by atoms with Gasteiger partial charge in [0.25, 0.3) is 11.8 Å². The molecule has 0 bridgehead atoms. The third-order valence-corrected chi connectivity index (χ3v) is 5.52. The van der Waals surface area contributed by atoms with Crippen LogP contribution >= 0.6 is 27.5 Å². The van der Waals surface area contributed by atoms with Crippen molar-refractivity contribution in [2.75, 3.05) is 26.2 Å². The lowest BCUT2D eigenvalue weighted by atomic mass is 10.1. The van der Waals surface area contributed by atoms with Gasteiger partial charge < -0.3 is 14.5 Å². The van der Waals surface area contributed by atoms with Gasteiger partial charge in [-0.25, -0.2) is 8.78 Å². The highest BCUT2D eigenvalue weighted by Crippen LogP contribution is 2.27. The van der Waals surface area contributed by atoms with Crippen LogP contribution in [0.4, 0.5) is 8.78 Å². The van der Waals surface area contributed by atoms with Crippen molar-refractivity contribution < 1.29 is 23.1 Å². The predicted octanol–water partition coefficient (Wildman–Crippen LogP) is 4.13. The van der Waals surface area contributed by atoms with Crippen molar-refractivity contribution in [1.29, 1.82) is 0 Å². The van der Waals surface area contributed by atoms with Crippen molar-refractivity contribution in [1.82, 2.24) is 9.80 Å². The van der Waals surface area contributed by atoms with E-state index < -0.39 is 17.7 Å². The Bertz CT molecular complexity index is 936. The highest BCUT2D eigenvalue weighted by atomic mass is 79.9. The molecule has 1 unspecified atom stereocenters. The van der Waals surface area contributed by atoms with Crippen molar-refractivity contribution >= 4 is 39.3 Å². The van der Waals surface area contributed by atoms with Gasteiger partial charge in [0.05, 0.1) is 15.1 Å². The van der Waals surface area contributed by atoms with E-state index >= 15 is 0 Å².